The van der Waals surface area contributed by atoms with Crippen molar-refractivity contribution in [1.82, 2.24) is 14.8 Å². The minimum absolute atomic E-state index is 0.0951. The minimum Gasteiger partial charge on any atom is -0.406 e. The Morgan fingerprint density at radius 1 is 1.38 bits per heavy atom. The summed E-state index contributed by atoms with van der Waals surface area (Å²) < 4.78 is 49.7. The quantitative estimate of drug-likeness (QED) is 0.503. The van der Waals surface area contributed by atoms with Gasteiger partial charge in [-0.05, 0) is 51.8 Å². The molecule has 3 aromatic rings. The molecule has 0 saturated carbocycles. The van der Waals surface area contributed by atoms with Crippen LogP contribution in [0.2, 0.25) is 0 Å². The van der Waals surface area contributed by atoms with Gasteiger partial charge in [0.05, 0.1) is 22.9 Å². The Labute approximate surface area is 186 Å². The van der Waals surface area contributed by atoms with E-state index >= 15 is 0 Å². The molecule has 172 valence electrons. The summed E-state index contributed by atoms with van der Waals surface area (Å²) >= 11 is 1.13. The zero-order valence-corrected chi connectivity index (χ0v) is 18.7. The van der Waals surface area contributed by atoms with E-state index in [1.54, 1.807) is 10.7 Å². The van der Waals surface area contributed by atoms with Gasteiger partial charge in [-0.3, -0.25) is 14.4 Å². The highest BCUT2D eigenvalue weighted by molar-refractivity contribution is 7.22. The lowest BCUT2D eigenvalue weighted by Crippen LogP contribution is -2.37. The van der Waals surface area contributed by atoms with Gasteiger partial charge in [0.25, 0.3) is 5.91 Å². The van der Waals surface area contributed by atoms with Crippen LogP contribution in [-0.2, 0) is 4.74 Å². The number of ether oxygens (including phenoxy) is 2. The number of anilines is 1. The molecule has 4 rings (SSSR count). The van der Waals surface area contributed by atoms with Crippen molar-refractivity contribution in [2.75, 3.05) is 18.1 Å². The monoisotopic (exact) mass is 468 g/mol. The van der Waals surface area contributed by atoms with Gasteiger partial charge in [0.1, 0.15) is 5.75 Å². The largest absolute Gasteiger partial charge is 0.573 e. The molecule has 3 heterocycles. The van der Waals surface area contributed by atoms with Crippen molar-refractivity contribution in [1.29, 1.82) is 0 Å². The van der Waals surface area contributed by atoms with Gasteiger partial charge in [-0.15, -0.1) is 13.2 Å². The second-order valence-electron chi connectivity index (χ2n) is 7.93. The Balaban J connectivity index is 1.68. The third-order valence-corrected chi connectivity index (χ3v) is 6.14. The zero-order chi connectivity index (χ0) is 23.0. The number of benzene rings is 1. The molecule has 0 N–H and O–H groups in total. The zero-order valence-electron chi connectivity index (χ0n) is 17.8. The van der Waals surface area contributed by atoms with Gasteiger partial charge < -0.3 is 9.47 Å². The van der Waals surface area contributed by atoms with Crippen molar-refractivity contribution in [3.8, 4) is 5.75 Å². The molecule has 0 radical (unpaired) electrons. The summed E-state index contributed by atoms with van der Waals surface area (Å²) in [5.41, 5.74) is 1.63. The molecule has 32 heavy (non-hydrogen) atoms. The van der Waals surface area contributed by atoms with Crippen LogP contribution in [0.4, 0.5) is 18.3 Å². The van der Waals surface area contributed by atoms with E-state index < -0.39 is 6.36 Å². The van der Waals surface area contributed by atoms with E-state index in [0.717, 1.165) is 29.9 Å². The smallest absolute Gasteiger partial charge is 0.406 e. The normalized spacial score (nSPS) is 16.8. The van der Waals surface area contributed by atoms with Crippen molar-refractivity contribution >= 4 is 32.6 Å². The lowest BCUT2D eigenvalue weighted by atomic mass is 10.2. The van der Waals surface area contributed by atoms with E-state index in [0.29, 0.717) is 22.0 Å². The van der Waals surface area contributed by atoms with Gasteiger partial charge in [0.2, 0.25) is 0 Å². The van der Waals surface area contributed by atoms with Gasteiger partial charge in [-0.1, -0.05) is 11.3 Å². The Morgan fingerprint density at radius 3 is 2.78 bits per heavy atom. The van der Waals surface area contributed by atoms with E-state index in [1.807, 2.05) is 20.8 Å². The van der Waals surface area contributed by atoms with Gasteiger partial charge in [0, 0.05) is 24.4 Å². The number of amides is 1. The Morgan fingerprint density at radius 2 is 2.16 bits per heavy atom. The molecule has 1 amide bonds. The fourth-order valence-corrected chi connectivity index (χ4v) is 4.70. The maximum absolute atomic E-state index is 13.4. The first-order valence-electron chi connectivity index (χ1n) is 10.3. The number of fused-ring (bicyclic) bond motifs is 1. The molecule has 0 bridgehead atoms. The summed E-state index contributed by atoms with van der Waals surface area (Å²) in [4.78, 5) is 19.5. The maximum Gasteiger partial charge on any atom is 0.573 e. The molecular weight excluding hydrogens is 445 g/mol. The highest BCUT2D eigenvalue weighted by Gasteiger charge is 2.32. The fraction of sp³-hybridized carbons (Fsp3) is 0.476. The van der Waals surface area contributed by atoms with Crippen LogP contribution in [0.25, 0.3) is 10.2 Å². The van der Waals surface area contributed by atoms with Crippen LogP contribution in [0.5, 0.6) is 5.75 Å². The van der Waals surface area contributed by atoms with Crippen LogP contribution < -0.4 is 9.64 Å². The van der Waals surface area contributed by atoms with Gasteiger partial charge in [-0.2, -0.15) is 5.10 Å². The molecule has 1 saturated heterocycles. The number of nitrogens with zero attached hydrogens (tertiary/aromatic N) is 4. The van der Waals surface area contributed by atoms with Crippen LogP contribution >= 0.6 is 11.3 Å². The lowest BCUT2D eigenvalue weighted by molar-refractivity contribution is -0.274. The highest BCUT2D eigenvalue weighted by Crippen LogP contribution is 2.34. The summed E-state index contributed by atoms with van der Waals surface area (Å²) in [6.07, 6.45) is -3.19. The Kier molecular flexibility index (Phi) is 6.13. The summed E-state index contributed by atoms with van der Waals surface area (Å²) in [5, 5.41) is 4.83. The van der Waals surface area contributed by atoms with Crippen LogP contribution in [-0.4, -0.2) is 46.3 Å². The molecule has 1 aliphatic rings. The molecule has 0 aliphatic carbocycles. The third-order valence-electron chi connectivity index (χ3n) is 5.10. The van der Waals surface area contributed by atoms with E-state index in [4.69, 9.17) is 4.74 Å². The number of hydrogen-bond donors (Lipinski definition) is 0. The number of aryl methyl sites for hydroxylation is 1. The van der Waals surface area contributed by atoms with E-state index in [-0.39, 0.29) is 36.0 Å². The predicted octanol–water partition coefficient (Wildman–Crippen LogP) is 5.11. The number of thiazole rings is 1. The summed E-state index contributed by atoms with van der Waals surface area (Å²) in [5.74, 6) is -0.655. The van der Waals surface area contributed by atoms with E-state index in [1.165, 1.54) is 23.1 Å². The molecule has 1 unspecified atom stereocenters. The topological polar surface area (TPSA) is 69.5 Å². The van der Waals surface area contributed by atoms with Crippen molar-refractivity contribution in [3.05, 3.63) is 35.7 Å². The number of carbonyl (C=O) groups is 1. The molecule has 0 spiro atoms. The first-order valence-corrected chi connectivity index (χ1v) is 11.1. The highest BCUT2D eigenvalue weighted by atomic mass is 32.1. The summed E-state index contributed by atoms with van der Waals surface area (Å²) in [7, 11) is 0. The van der Waals surface area contributed by atoms with Crippen molar-refractivity contribution < 1.29 is 27.4 Å². The molecule has 7 nitrogen and oxygen atoms in total. The van der Waals surface area contributed by atoms with Gasteiger partial charge >= 0.3 is 6.36 Å². The molecule has 11 heteroatoms. The SMILES string of the molecule is Cc1cc(C(=O)N(CC2CCCO2)c2nc3ccc(OC(F)(F)F)cc3s2)nn1C(C)C. The fourth-order valence-electron chi connectivity index (χ4n) is 3.70. The number of carbonyl (C=O) groups excluding carboxylic acids is 1. The van der Waals surface area contributed by atoms with Crippen molar-refractivity contribution in [2.24, 2.45) is 0 Å². The summed E-state index contributed by atoms with van der Waals surface area (Å²) in [6.45, 7) is 6.76. The number of aromatic nitrogens is 3. The predicted molar refractivity (Wildman–Crippen MR) is 114 cm³/mol. The lowest BCUT2D eigenvalue weighted by Gasteiger charge is -2.22. The van der Waals surface area contributed by atoms with Gasteiger partial charge in [-0.25, -0.2) is 4.98 Å². The molecular formula is C21H23F3N4O3S. The second-order valence-corrected chi connectivity index (χ2v) is 8.94. The average Bonchev–Trinajstić information content (AvgIpc) is 3.43. The van der Waals surface area contributed by atoms with Crippen LogP contribution in [0.3, 0.4) is 0 Å². The summed E-state index contributed by atoms with van der Waals surface area (Å²) in [6, 6.07) is 5.75. The second kappa shape index (κ2) is 8.70. The molecule has 1 atom stereocenters. The standard InChI is InChI=1S/C21H23F3N4O3S/c1-12(2)28-13(3)9-17(26-28)19(29)27(11-15-5-4-8-30-15)20-25-16-7-6-14(10-18(16)32-20)31-21(22,23)24/h6-7,9-10,12,15H,4-5,8,11H2,1-3H3. The molecule has 2 aromatic heterocycles. The van der Waals surface area contributed by atoms with Crippen LogP contribution in [0, 0.1) is 6.92 Å². The first-order chi connectivity index (χ1) is 15.1. The maximum atomic E-state index is 13.4. The first kappa shape index (κ1) is 22.5. The number of alkyl halides is 3. The van der Waals surface area contributed by atoms with E-state index in [2.05, 4.69) is 14.8 Å². The third kappa shape index (κ3) is 4.88. The molecule has 1 fully saturated rings. The molecule has 1 aromatic carbocycles. The average molecular weight is 469 g/mol. The van der Waals surface area contributed by atoms with E-state index in [9.17, 15) is 18.0 Å². The Hall–Kier alpha value is -2.66. The van der Waals surface area contributed by atoms with Crippen LogP contribution in [0.15, 0.2) is 24.3 Å². The van der Waals surface area contributed by atoms with Gasteiger partial charge in [0.15, 0.2) is 10.8 Å². The number of rotatable bonds is 6. The molecule has 1 aliphatic heterocycles. The number of hydrogen-bond acceptors (Lipinski definition) is 6. The Bertz CT molecular complexity index is 1120. The van der Waals surface area contributed by atoms with Crippen LogP contribution in [0.1, 0.15) is 48.9 Å². The van der Waals surface area contributed by atoms with Crippen molar-refractivity contribution in [2.45, 2.75) is 52.1 Å². The van der Waals surface area contributed by atoms with Crippen molar-refractivity contribution in [3.63, 3.8) is 0 Å². The number of halogens is 3. The minimum atomic E-state index is -4.78.